The third-order valence-corrected chi connectivity index (χ3v) is 3.41. The Balaban J connectivity index is 2.21. The van der Waals surface area contributed by atoms with E-state index in [9.17, 15) is 0 Å². The van der Waals surface area contributed by atoms with Gasteiger partial charge in [-0.05, 0) is 25.8 Å². The SMILES string of the molecule is CCCCCCN(CC#N)C1CCCC1. The monoisotopic (exact) mass is 208 g/mol. The molecule has 0 aliphatic heterocycles. The van der Waals surface area contributed by atoms with Crippen molar-refractivity contribution in [3.63, 3.8) is 0 Å². The molecule has 0 heterocycles. The Hall–Kier alpha value is -0.550. The second kappa shape index (κ2) is 7.70. The highest BCUT2D eigenvalue weighted by atomic mass is 15.1. The summed E-state index contributed by atoms with van der Waals surface area (Å²) in [5.41, 5.74) is 0. The van der Waals surface area contributed by atoms with E-state index in [1.54, 1.807) is 0 Å². The normalized spacial score (nSPS) is 17.1. The standard InChI is InChI=1S/C13H24N2/c1-2-3-4-7-11-15(12-10-14)13-8-5-6-9-13/h13H,2-9,11-12H2,1H3. The van der Waals surface area contributed by atoms with Crippen LogP contribution in [0.2, 0.25) is 0 Å². The summed E-state index contributed by atoms with van der Waals surface area (Å²) in [6.07, 6.45) is 10.6. The number of hydrogen-bond acceptors (Lipinski definition) is 2. The van der Waals surface area contributed by atoms with Gasteiger partial charge < -0.3 is 0 Å². The zero-order chi connectivity index (χ0) is 10.9. The van der Waals surface area contributed by atoms with Crippen LogP contribution in [0, 0.1) is 11.3 Å². The van der Waals surface area contributed by atoms with E-state index in [0.29, 0.717) is 12.6 Å². The molecule has 15 heavy (non-hydrogen) atoms. The predicted molar refractivity (Wildman–Crippen MR) is 63.6 cm³/mol. The first kappa shape index (κ1) is 12.5. The summed E-state index contributed by atoms with van der Waals surface area (Å²) in [4.78, 5) is 2.41. The fourth-order valence-corrected chi connectivity index (χ4v) is 2.49. The fourth-order valence-electron chi connectivity index (χ4n) is 2.49. The van der Waals surface area contributed by atoms with Crippen molar-refractivity contribution in [1.29, 1.82) is 5.26 Å². The molecule has 0 amide bonds. The van der Waals surface area contributed by atoms with E-state index in [4.69, 9.17) is 5.26 Å². The Kier molecular flexibility index (Phi) is 6.43. The highest BCUT2D eigenvalue weighted by Crippen LogP contribution is 2.23. The van der Waals surface area contributed by atoms with E-state index >= 15 is 0 Å². The largest absolute Gasteiger partial charge is 0.288 e. The van der Waals surface area contributed by atoms with Gasteiger partial charge in [0.15, 0.2) is 0 Å². The second-order valence-electron chi connectivity index (χ2n) is 4.63. The maximum Gasteiger partial charge on any atom is 0.0868 e. The van der Waals surface area contributed by atoms with Crippen LogP contribution in [-0.2, 0) is 0 Å². The summed E-state index contributed by atoms with van der Waals surface area (Å²) in [5, 5.41) is 8.81. The summed E-state index contributed by atoms with van der Waals surface area (Å²) in [6.45, 7) is 4.01. The lowest BCUT2D eigenvalue weighted by atomic mass is 10.1. The van der Waals surface area contributed by atoms with Crippen LogP contribution in [-0.4, -0.2) is 24.0 Å². The van der Waals surface area contributed by atoms with Crippen molar-refractivity contribution in [2.75, 3.05) is 13.1 Å². The minimum atomic E-state index is 0.636. The van der Waals surface area contributed by atoms with Gasteiger partial charge in [-0.15, -0.1) is 0 Å². The molecule has 1 saturated carbocycles. The minimum absolute atomic E-state index is 0.636. The number of nitrogens with zero attached hydrogens (tertiary/aromatic N) is 2. The lowest BCUT2D eigenvalue weighted by molar-refractivity contribution is 0.218. The highest BCUT2D eigenvalue weighted by molar-refractivity contribution is 4.84. The Morgan fingerprint density at radius 3 is 2.53 bits per heavy atom. The van der Waals surface area contributed by atoms with Gasteiger partial charge in [0.1, 0.15) is 0 Å². The molecule has 2 heteroatoms. The third kappa shape index (κ3) is 4.66. The Bertz CT molecular complexity index is 189. The number of nitriles is 1. The fraction of sp³-hybridized carbons (Fsp3) is 0.923. The van der Waals surface area contributed by atoms with Crippen molar-refractivity contribution >= 4 is 0 Å². The van der Waals surface area contributed by atoms with Crippen molar-refractivity contribution in [2.24, 2.45) is 0 Å². The van der Waals surface area contributed by atoms with Crippen molar-refractivity contribution in [3.05, 3.63) is 0 Å². The molecule has 0 aromatic heterocycles. The maximum atomic E-state index is 8.81. The van der Waals surface area contributed by atoms with Crippen LogP contribution in [0.4, 0.5) is 0 Å². The number of rotatable bonds is 7. The van der Waals surface area contributed by atoms with E-state index in [0.717, 1.165) is 6.54 Å². The molecule has 0 N–H and O–H groups in total. The molecular weight excluding hydrogens is 184 g/mol. The van der Waals surface area contributed by atoms with E-state index in [1.807, 2.05) is 0 Å². The van der Waals surface area contributed by atoms with Gasteiger partial charge in [-0.3, -0.25) is 4.90 Å². The van der Waals surface area contributed by atoms with Crippen LogP contribution in [0.3, 0.4) is 0 Å². The van der Waals surface area contributed by atoms with Crippen LogP contribution >= 0.6 is 0 Å². The first-order valence-electron chi connectivity index (χ1n) is 6.49. The molecule has 1 aliphatic carbocycles. The van der Waals surface area contributed by atoms with Gasteiger partial charge in [0.25, 0.3) is 0 Å². The molecule has 1 rings (SSSR count). The maximum absolute atomic E-state index is 8.81. The zero-order valence-corrected chi connectivity index (χ0v) is 10.0. The molecule has 86 valence electrons. The molecule has 0 bridgehead atoms. The summed E-state index contributed by atoms with van der Waals surface area (Å²) in [6, 6.07) is 3.03. The van der Waals surface area contributed by atoms with Crippen molar-refractivity contribution in [3.8, 4) is 6.07 Å². The molecule has 2 nitrogen and oxygen atoms in total. The molecule has 0 radical (unpaired) electrons. The van der Waals surface area contributed by atoms with Gasteiger partial charge in [0.2, 0.25) is 0 Å². The van der Waals surface area contributed by atoms with Gasteiger partial charge >= 0.3 is 0 Å². The predicted octanol–water partition coefficient (Wildman–Crippen LogP) is 3.33. The van der Waals surface area contributed by atoms with Gasteiger partial charge in [-0.1, -0.05) is 39.0 Å². The average Bonchev–Trinajstić information content (AvgIpc) is 2.76. The molecule has 1 fully saturated rings. The van der Waals surface area contributed by atoms with Crippen LogP contribution in [0.25, 0.3) is 0 Å². The third-order valence-electron chi connectivity index (χ3n) is 3.41. The molecule has 0 aromatic rings. The molecule has 0 spiro atoms. The lowest BCUT2D eigenvalue weighted by Crippen LogP contribution is -2.34. The highest BCUT2D eigenvalue weighted by Gasteiger charge is 2.21. The van der Waals surface area contributed by atoms with Gasteiger partial charge in [0, 0.05) is 6.04 Å². The van der Waals surface area contributed by atoms with Crippen LogP contribution in [0.5, 0.6) is 0 Å². The quantitative estimate of drug-likeness (QED) is 0.474. The molecule has 0 saturated heterocycles. The summed E-state index contributed by atoms with van der Waals surface area (Å²) in [7, 11) is 0. The van der Waals surface area contributed by atoms with E-state index < -0.39 is 0 Å². The molecule has 0 atom stereocenters. The first-order chi connectivity index (χ1) is 7.38. The Morgan fingerprint density at radius 2 is 1.93 bits per heavy atom. The van der Waals surface area contributed by atoms with Crippen LogP contribution < -0.4 is 0 Å². The number of hydrogen-bond donors (Lipinski definition) is 0. The summed E-state index contributed by atoms with van der Waals surface area (Å²) >= 11 is 0. The average molecular weight is 208 g/mol. The van der Waals surface area contributed by atoms with Crippen LogP contribution in [0.1, 0.15) is 58.3 Å². The molecular formula is C13H24N2. The van der Waals surface area contributed by atoms with Crippen LogP contribution in [0.15, 0.2) is 0 Å². The van der Waals surface area contributed by atoms with Crippen molar-refractivity contribution in [2.45, 2.75) is 64.3 Å². The second-order valence-corrected chi connectivity index (χ2v) is 4.63. The topological polar surface area (TPSA) is 27.0 Å². The van der Waals surface area contributed by atoms with E-state index in [1.165, 1.54) is 51.4 Å². The summed E-state index contributed by atoms with van der Waals surface area (Å²) in [5.74, 6) is 0. The van der Waals surface area contributed by atoms with E-state index in [2.05, 4.69) is 17.9 Å². The Morgan fingerprint density at radius 1 is 1.20 bits per heavy atom. The Labute approximate surface area is 94.3 Å². The van der Waals surface area contributed by atoms with Crippen molar-refractivity contribution in [1.82, 2.24) is 4.90 Å². The minimum Gasteiger partial charge on any atom is -0.288 e. The molecule has 1 aliphatic rings. The van der Waals surface area contributed by atoms with E-state index in [-0.39, 0.29) is 0 Å². The summed E-state index contributed by atoms with van der Waals surface area (Å²) < 4.78 is 0. The molecule has 0 unspecified atom stereocenters. The molecule has 0 aromatic carbocycles. The zero-order valence-electron chi connectivity index (χ0n) is 10.0. The van der Waals surface area contributed by atoms with Gasteiger partial charge in [0.05, 0.1) is 12.6 Å². The number of unbranched alkanes of at least 4 members (excludes halogenated alkanes) is 3. The smallest absolute Gasteiger partial charge is 0.0868 e. The lowest BCUT2D eigenvalue weighted by Gasteiger charge is -2.25. The van der Waals surface area contributed by atoms with Gasteiger partial charge in [-0.2, -0.15) is 5.26 Å². The van der Waals surface area contributed by atoms with Gasteiger partial charge in [-0.25, -0.2) is 0 Å². The first-order valence-corrected chi connectivity index (χ1v) is 6.49. The van der Waals surface area contributed by atoms with Crippen molar-refractivity contribution < 1.29 is 0 Å².